The van der Waals surface area contributed by atoms with E-state index in [1.807, 2.05) is 0 Å². The van der Waals surface area contributed by atoms with Gasteiger partial charge in [-0.3, -0.25) is 9.59 Å². The van der Waals surface area contributed by atoms with Crippen LogP contribution in [-0.4, -0.2) is 11.6 Å². The van der Waals surface area contributed by atoms with Crippen molar-refractivity contribution in [2.45, 2.75) is 65.7 Å². The summed E-state index contributed by atoms with van der Waals surface area (Å²) >= 11 is 0. The Labute approximate surface area is 133 Å². The van der Waals surface area contributed by atoms with E-state index in [4.69, 9.17) is 0 Å². The molecule has 22 heavy (non-hydrogen) atoms. The summed E-state index contributed by atoms with van der Waals surface area (Å²) in [5, 5.41) is 0. The van der Waals surface area contributed by atoms with Crippen LogP contribution >= 0.6 is 0 Å². The lowest BCUT2D eigenvalue weighted by Crippen LogP contribution is -2.63. The number of ketones is 2. The zero-order valence-corrected chi connectivity index (χ0v) is 14.2. The van der Waals surface area contributed by atoms with Gasteiger partial charge in [0.2, 0.25) is 0 Å². The van der Waals surface area contributed by atoms with Crippen molar-refractivity contribution >= 4 is 11.6 Å². The van der Waals surface area contributed by atoms with Gasteiger partial charge in [0.1, 0.15) is 11.6 Å². The average molecular weight is 300 g/mol. The van der Waals surface area contributed by atoms with E-state index >= 15 is 0 Å². The molecule has 0 N–H and O–H groups in total. The lowest BCUT2D eigenvalue weighted by Gasteiger charge is -2.66. The van der Waals surface area contributed by atoms with E-state index in [0.717, 1.165) is 38.5 Å². The quantitative estimate of drug-likeness (QED) is 0.624. The summed E-state index contributed by atoms with van der Waals surface area (Å²) in [7, 11) is 0. The van der Waals surface area contributed by atoms with Gasteiger partial charge in [-0.05, 0) is 55.3 Å². The predicted molar refractivity (Wildman–Crippen MR) is 86.3 cm³/mol. The molecule has 0 amide bonds. The van der Waals surface area contributed by atoms with Crippen molar-refractivity contribution in [2.75, 3.05) is 0 Å². The lowest BCUT2D eigenvalue weighted by molar-refractivity contribution is -0.182. The molecule has 2 nitrogen and oxygen atoms in total. The van der Waals surface area contributed by atoms with Crippen molar-refractivity contribution in [3.63, 3.8) is 0 Å². The van der Waals surface area contributed by atoms with Gasteiger partial charge in [0.25, 0.3) is 0 Å². The molecule has 0 aromatic rings. The first-order valence-electron chi connectivity index (χ1n) is 8.96. The molecular weight excluding hydrogens is 272 g/mol. The fourth-order valence-corrected chi connectivity index (χ4v) is 7.01. The molecule has 5 aliphatic rings. The molecule has 0 radical (unpaired) electrons. The van der Waals surface area contributed by atoms with E-state index in [1.54, 1.807) is 0 Å². The van der Waals surface area contributed by atoms with Crippen LogP contribution in [0.2, 0.25) is 0 Å². The molecular formula is C20H28O2. The number of carbonyl (C=O) groups is 2. The topological polar surface area (TPSA) is 34.1 Å². The summed E-state index contributed by atoms with van der Waals surface area (Å²) in [6.07, 6.45) is 6.51. The second kappa shape index (κ2) is 4.13. The molecule has 5 aliphatic carbocycles. The number of hydrogen-bond donors (Lipinski definition) is 0. The Bertz CT molecular complexity index is 587. The maximum atomic E-state index is 12.9. The van der Waals surface area contributed by atoms with Crippen LogP contribution in [-0.2, 0) is 9.59 Å². The second-order valence-electron chi connectivity index (χ2n) is 9.35. The highest BCUT2D eigenvalue weighted by Gasteiger charge is 2.66. The normalized spacial score (nSPS) is 49.8. The van der Waals surface area contributed by atoms with Crippen molar-refractivity contribution in [3.05, 3.63) is 12.2 Å². The first-order chi connectivity index (χ1) is 10.2. The third kappa shape index (κ3) is 1.52. The molecule has 0 saturated heterocycles. The van der Waals surface area contributed by atoms with Gasteiger partial charge in [0, 0.05) is 23.7 Å². The highest BCUT2D eigenvalue weighted by molar-refractivity contribution is 5.89. The van der Waals surface area contributed by atoms with Crippen molar-refractivity contribution in [3.8, 4) is 0 Å². The van der Waals surface area contributed by atoms with Gasteiger partial charge in [-0.1, -0.05) is 32.9 Å². The van der Waals surface area contributed by atoms with E-state index in [1.165, 1.54) is 5.57 Å². The third-order valence-corrected chi connectivity index (χ3v) is 8.25. The van der Waals surface area contributed by atoms with E-state index in [-0.39, 0.29) is 16.2 Å². The Morgan fingerprint density at radius 1 is 1.05 bits per heavy atom. The molecule has 5 fully saturated rings. The predicted octanol–water partition coefficient (Wildman–Crippen LogP) is 4.33. The summed E-state index contributed by atoms with van der Waals surface area (Å²) in [5.41, 5.74) is 1.13. The van der Waals surface area contributed by atoms with Crippen LogP contribution in [0, 0.1) is 34.0 Å². The monoisotopic (exact) mass is 300 g/mol. The molecule has 120 valence electrons. The first kappa shape index (κ1) is 14.7. The first-order valence-corrected chi connectivity index (χ1v) is 8.96. The van der Waals surface area contributed by atoms with Crippen molar-refractivity contribution in [2.24, 2.45) is 34.0 Å². The zero-order valence-electron chi connectivity index (χ0n) is 14.2. The summed E-state index contributed by atoms with van der Waals surface area (Å²) in [6, 6.07) is 0. The van der Waals surface area contributed by atoms with Gasteiger partial charge >= 0.3 is 0 Å². The number of allylic oxidation sites excluding steroid dienone is 1. The van der Waals surface area contributed by atoms with Gasteiger partial charge in [-0.15, -0.1) is 0 Å². The smallest absolute Gasteiger partial charge is 0.140 e. The third-order valence-electron chi connectivity index (χ3n) is 8.25. The van der Waals surface area contributed by atoms with E-state index in [2.05, 4.69) is 27.4 Å². The number of hydrogen-bond acceptors (Lipinski definition) is 2. The molecule has 5 saturated carbocycles. The van der Waals surface area contributed by atoms with E-state index < -0.39 is 0 Å². The second-order valence-corrected chi connectivity index (χ2v) is 9.35. The zero-order chi connectivity index (χ0) is 15.9. The number of Topliss-reactive ketones (excluding diaryl/α,β-unsaturated/α-hetero) is 2. The van der Waals surface area contributed by atoms with Gasteiger partial charge in [0.15, 0.2) is 0 Å². The largest absolute Gasteiger partial charge is 0.299 e. The SMILES string of the molecule is C=C1CC23CCC4C(C)(C)C(=O)CCC4(C)C2CC1CC3=O. The summed E-state index contributed by atoms with van der Waals surface area (Å²) in [4.78, 5) is 25.4. The molecule has 5 rings (SSSR count). The average Bonchev–Trinajstić information content (AvgIpc) is 2.44. The van der Waals surface area contributed by atoms with Crippen molar-refractivity contribution in [1.82, 2.24) is 0 Å². The minimum Gasteiger partial charge on any atom is -0.299 e. The maximum Gasteiger partial charge on any atom is 0.140 e. The molecule has 0 aliphatic heterocycles. The molecule has 2 heteroatoms. The maximum absolute atomic E-state index is 12.9. The van der Waals surface area contributed by atoms with Crippen LogP contribution in [0.25, 0.3) is 0 Å². The molecule has 2 bridgehead atoms. The minimum atomic E-state index is -0.217. The van der Waals surface area contributed by atoms with Crippen LogP contribution in [0.3, 0.4) is 0 Å². The van der Waals surface area contributed by atoms with Crippen LogP contribution in [0.4, 0.5) is 0 Å². The lowest BCUT2D eigenvalue weighted by atomic mass is 9.36. The summed E-state index contributed by atoms with van der Waals surface area (Å²) in [5.74, 6) is 2.27. The van der Waals surface area contributed by atoms with Gasteiger partial charge < -0.3 is 0 Å². The number of carbonyl (C=O) groups excluding carboxylic acids is 2. The highest BCUT2D eigenvalue weighted by Crippen LogP contribution is 2.70. The van der Waals surface area contributed by atoms with E-state index in [0.29, 0.717) is 35.7 Å². The van der Waals surface area contributed by atoms with Gasteiger partial charge in [-0.25, -0.2) is 0 Å². The van der Waals surface area contributed by atoms with Crippen LogP contribution in [0.1, 0.15) is 65.7 Å². The minimum absolute atomic E-state index is 0.131. The molecule has 5 unspecified atom stereocenters. The Morgan fingerprint density at radius 2 is 1.77 bits per heavy atom. The Kier molecular flexibility index (Phi) is 2.75. The Balaban J connectivity index is 1.80. The molecule has 5 atom stereocenters. The molecule has 0 aromatic carbocycles. The van der Waals surface area contributed by atoms with Crippen LogP contribution in [0.5, 0.6) is 0 Å². The Morgan fingerprint density at radius 3 is 2.50 bits per heavy atom. The number of fused-ring (bicyclic) bond motifs is 3. The van der Waals surface area contributed by atoms with Crippen LogP contribution in [0.15, 0.2) is 12.2 Å². The standard InChI is InChI=1S/C20H28O2/c1-12-11-20-8-5-14-18(2,3)16(21)6-7-19(14,4)15(20)9-13(12)10-17(20)22/h13-15H,1,5-11H2,2-4H3. The fraction of sp³-hybridized carbons (Fsp3) is 0.800. The molecule has 0 heterocycles. The van der Waals surface area contributed by atoms with E-state index in [9.17, 15) is 9.59 Å². The van der Waals surface area contributed by atoms with Crippen molar-refractivity contribution in [1.29, 1.82) is 0 Å². The van der Waals surface area contributed by atoms with Gasteiger partial charge in [-0.2, -0.15) is 0 Å². The fourth-order valence-electron chi connectivity index (χ4n) is 7.01. The summed E-state index contributed by atoms with van der Waals surface area (Å²) < 4.78 is 0. The van der Waals surface area contributed by atoms with Gasteiger partial charge in [0.05, 0.1) is 0 Å². The molecule has 1 spiro atoms. The summed E-state index contributed by atoms with van der Waals surface area (Å²) in [6.45, 7) is 11.0. The van der Waals surface area contributed by atoms with Crippen LogP contribution < -0.4 is 0 Å². The highest BCUT2D eigenvalue weighted by atomic mass is 16.1. The van der Waals surface area contributed by atoms with Crippen molar-refractivity contribution < 1.29 is 9.59 Å². The Hall–Kier alpha value is -0.920. The number of rotatable bonds is 0. The molecule has 0 aromatic heterocycles.